The van der Waals surface area contributed by atoms with Crippen molar-refractivity contribution in [3.63, 3.8) is 0 Å². The predicted molar refractivity (Wildman–Crippen MR) is 131 cm³/mol. The fourth-order valence-corrected chi connectivity index (χ4v) is 3.10. The average Bonchev–Trinajstić information content (AvgIpc) is 3.29. The number of fused-ring (bicyclic) bond motifs is 1. The molecule has 39 heavy (non-hydrogen) atoms. The second kappa shape index (κ2) is 15.2. The number of aromatic nitrogens is 1. The lowest BCUT2D eigenvalue weighted by molar-refractivity contribution is -0.165. The predicted octanol–water partition coefficient (Wildman–Crippen LogP) is 3.22. The van der Waals surface area contributed by atoms with Gasteiger partial charge in [-0.1, -0.05) is 24.3 Å². The fraction of sp³-hybridized carbons (Fsp3) is 0.333. The van der Waals surface area contributed by atoms with Gasteiger partial charge in [-0.25, -0.2) is 22.8 Å². The summed E-state index contributed by atoms with van der Waals surface area (Å²) in [5, 5.41) is 36.6. The maximum absolute atomic E-state index is 13.7. The zero-order chi connectivity index (χ0) is 28.5. The lowest BCUT2D eigenvalue weighted by atomic mass is 10.1. The van der Waals surface area contributed by atoms with E-state index >= 15 is 0 Å². The monoisotopic (exact) mass is 584 g/mol. The van der Waals surface area contributed by atoms with Crippen LogP contribution >= 0.6 is 12.4 Å². The van der Waals surface area contributed by atoms with Gasteiger partial charge in [0.05, 0.1) is 5.52 Å². The van der Waals surface area contributed by atoms with Crippen LogP contribution in [0.25, 0.3) is 10.9 Å². The van der Waals surface area contributed by atoms with E-state index < -0.39 is 43.1 Å². The molecule has 3 aromatic rings. The normalized spacial score (nSPS) is 12.7. The topological polar surface area (TPSA) is 152 Å². The Morgan fingerprint density at radius 3 is 2.23 bits per heavy atom. The molecule has 6 N–H and O–H groups in total. The molecule has 216 valence electrons. The summed E-state index contributed by atoms with van der Waals surface area (Å²) in [5.74, 6) is -7.92. The summed E-state index contributed by atoms with van der Waals surface area (Å²) in [7, 11) is 0. The van der Waals surface area contributed by atoms with Crippen molar-refractivity contribution in [3.05, 3.63) is 65.6 Å². The number of hydrogen-bond acceptors (Lipinski definition) is 6. The van der Waals surface area contributed by atoms with Gasteiger partial charge in [-0.3, -0.25) is 0 Å². The molecule has 2 atom stereocenters. The summed E-state index contributed by atoms with van der Waals surface area (Å²) < 4.78 is 68.7. The number of alkyl halides is 4. The minimum Gasteiger partial charge on any atom is -0.487 e. The number of carboxylic acid groups (broad SMARTS) is 2. The number of aliphatic hydroxyl groups excluding tert-OH is 2. The van der Waals surface area contributed by atoms with E-state index in [0.717, 1.165) is 16.5 Å². The molecule has 2 unspecified atom stereocenters. The molecule has 0 aliphatic carbocycles. The van der Waals surface area contributed by atoms with Gasteiger partial charge in [-0.05, 0) is 42.3 Å². The first-order chi connectivity index (χ1) is 17.8. The standard InChI is InChI=1S/C20H19F5N2O.C4H6O6.ClH/c21-17-6-2-5-16-14(11-27-18(16)17)7-8-26-10-13-3-1-4-15(9-13)28-12-20(24,25)19(22)23;5-1(3(7)8)2(6)4(9)10;/h1-6,9,11,19,26-27H,7-8,10,12H2;1-2,5-6H,(H,7,8)(H,9,10);1H. The quantitative estimate of drug-likeness (QED) is 0.140. The van der Waals surface area contributed by atoms with Crippen LogP contribution < -0.4 is 10.1 Å². The summed E-state index contributed by atoms with van der Waals surface area (Å²) >= 11 is 0. The molecule has 0 saturated carbocycles. The van der Waals surface area contributed by atoms with E-state index in [1.165, 1.54) is 18.2 Å². The van der Waals surface area contributed by atoms with E-state index in [2.05, 4.69) is 10.3 Å². The molecule has 0 amide bonds. The maximum Gasteiger partial charge on any atom is 0.340 e. The number of benzene rings is 2. The van der Waals surface area contributed by atoms with E-state index in [9.17, 15) is 31.5 Å². The molecule has 9 nitrogen and oxygen atoms in total. The van der Waals surface area contributed by atoms with E-state index in [-0.39, 0.29) is 24.0 Å². The van der Waals surface area contributed by atoms with Crippen LogP contribution in [0.5, 0.6) is 5.75 Å². The van der Waals surface area contributed by atoms with Gasteiger partial charge in [0.2, 0.25) is 0 Å². The Bertz CT molecular complexity index is 1210. The highest BCUT2D eigenvalue weighted by Crippen LogP contribution is 2.25. The van der Waals surface area contributed by atoms with Crippen LogP contribution in [0.3, 0.4) is 0 Å². The molecule has 0 radical (unpaired) electrons. The molecule has 0 saturated heterocycles. The smallest absolute Gasteiger partial charge is 0.340 e. The molecule has 0 aliphatic rings. The lowest BCUT2D eigenvalue weighted by Crippen LogP contribution is -2.39. The summed E-state index contributed by atoms with van der Waals surface area (Å²) in [6, 6.07) is 11.2. The number of H-pyrrole nitrogens is 1. The van der Waals surface area contributed by atoms with Crippen LogP contribution in [0.4, 0.5) is 22.0 Å². The maximum atomic E-state index is 13.7. The third kappa shape index (κ3) is 9.98. The first-order valence-electron chi connectivity index (χ1n) is 11.0. The molecular formula is C24H26ClF5N2O7. The Morgan fingerprint density at radius 2 is 1.64 bits per heavy atom. The Balaban J connectivity index is 0.000000592. The third-order valence-electron chi connectivity index (χ3n) is 5.10. The number of rotatable bonds is 12. The first-order valence-corrected chi connectivity index (χ1v) is 11.0. The van der Waals surface area contributed by atoms with Crippen LogP contribution in [-0.2, 0) is 22.6 Å². The van der Waals surface area contributed by atoms with Crippen LogP contribution in [-0.4, -0.2) is 75.1 Å². The van der Waals surface area contributed by atoms with Crippen molar-refractivity contribution in [1.82, 2.24) is 10.3 Å². The first kappa shape index (κ1) is 33.6. The Hall–Kier alpha value is -3.46. The lowest BCUT2D eigenvalue weighted by Gasteiger charge is -2.16. The molecule has 0 fully saturated rings. The number of carboxylic acids is 2. The number of aromatic amines is 1. The third-order valence-corrected chi connectivity index (χ3v) is 5.10. The minimum absolute atomic E-state index is 0. The molecule has 0 spiro atoms. The van der Waals surface area contributed by atoms with Crippen LogP contribution in [0, 0.1) is 5.82 Å². The Labute approximate surface area is 224 Å². The molecule has 1 aromatic heterocycles. The van der Waals surface area contributed by atoms with Crippen molar-refractivity contribution in [3.8, 4) is 5.75 Å². The molecule has 2 aromatic carbocycles. The van der Waals surface area contributed by atoms with Gasteiger partial charge in [0.1, 0.15) is 11.6 Å². The minimum atomic E-state index is -4.19. The summed E-state index contributed by atoms with van der Waals surface area (Å²) in [5.41, 5.74) is 2.22. The van der Waals surface area contributed by atoms with Gasteiger partial charge in [-0.2, -0.15) is 8.78 Å². The SMILES string of the molecule is Cl.Fc1cccc2c(CCNCc3cccc(OCC(F)(F)C(F)F)c3)c[nH]c12.O=C(O)C(O)C(O)C(=O)O. The number of para-hydroxylation sites is 1. The van der Waals surface area contributed by atoms with Crippen LogP contribution in [0.2, 0.25) is 0 Å². The number of nitrogens with one attached hydrogen (secondary N) is 2. The van der Waals surface area contributed by atoms with E-state index in [0.29, 0.717) is 25.0 Å². The van der Waals surface area contributed by atoms with Gasteiger partial charge < -0.3 is 35.5 Å². The van der Waals surface area contributed by atoms with Gasteiger partial charge in [0, 0.05) is 18.1 Å². The molecular weight excluding hydrogens is 559 g/mol. The zero-order valence-electron chi connectivity index (χ0n) is 20.0. The number of aliphatic hydroxyl groups is 2. The second-order valence-corrected chi connectivity index (χ2v) is 7.97. The number of carbonyl (C=O) groups is 2. The van der Waals surface area contributed by atoms with Gasteiger partial charge in [0.15, 0.2) is 18.8 Å². The van der Waals surface area contributed by atoms with Crippen molar-refractivity contribution in [2.45, 2.75) is 37.5 Å². The number of halogens is 6. The number of aliphatic carboxylic acids is 2. The summed E-state index contributed by atoms with van der Waals surface area (Å²) in [4.78, 5) is 22.5. The van der Waals surface area contributed by atoms with Crippen molar-refractivity contribution >= 4 is 35.2 Å². The highest BCUT2D eigenvalue weighted by molar-refractivity contribution is 5.85. The second-order valence-electron chi connectivity index (χ2n) is 7.97. The fourth-order valence-electron chi connectivity index (χ4n) is 3.10. The Morgan fingerprint density at radius 1 is 1.03 bits per heavy atom. The molecule has 1 heterocycles. The van der Waals surface area contributed by atoms with Crippen molar-refractivity contribution < 1.29 is 56.7 Å². The van der Waals surface area contributed by atoms with E-state index in [1.54, 1.807) is 24.4 Å². The van der Waals surface area contributed by atoms with Crippen LogP contribution in [0.15, 0.2) is 48.7 Å². The number of hydrogen-bond donors (Lipinski definition) is 6. The molecule has 3 rings (SSSR count). The van der Waals surface area contributed by atoms with Crippen molar-refractivity contribution in [2.24, 2.45) is 0 Å². The molecule has 0 aliphatic heterocycles. The average molecular weight is 585 g/mol. The zero-order valence-corrected chi connectivity index (χ0v) is 20.8. The number of ether oxygens (including phenoxy) is 1. The van der Waals surface area contributed by atoms with Gasteiger partial charge in [-0.15, -0.1) is 12.4 Å². The van der Waals surface area contributed by atoms with Crippen molar-refractivity contribution in [1.29, 1.82) is 0 Å². The molecule has 15 heteroatoms. The van der Waals surface area contributed by atoms with Gasteiger partial charge in [0.25, 0.3) is 0 Å². The molecule has 0 bridgehead atoms. The highest BCUT2D eigenvalue weighted by atomic mass is 35.5. The summed E-state index contributed by atoms with van der Waals surface area (Å²) in [6.45, 7) is -0.324. The van der Waals surface area contributed by atoms with E-state index in [1.807, 2.05) is 6.07 Å². The van der Waals surface area contributed by atoms with Crippen LogP contribution in [0.1, 0.15) is 11.1 Å². The van der Waals surface area contributed by atoms with E-state index in [4.69, 9.17) is 25.2 Å². The summed E-state index contributed by atoms with van der Waals surface area (Å²) in [6.07, 6.45) is -5.86. The van der Waals surface area contributed by atoms with Gasteiger partial charge >= 0.3 is 24.3 Å². The Kier molecular flexibility index (Phi) is 13.1. The largest absolute Gasteiger partial charge is 0.487 e. The van der Waals surface area contributed by atoms with Crippen molar-refractivity contribution in [2.75, 3.05) is 13.2 Å². The highest BCUT2D eigenvalue weighted by Gasteiger charge is 2.41.